The quantitative estimate of drug-likeness (QED) is 0.591. The van der Waals surface area contributed by atoms with E-state index in [2.05, 4.69) is 15.3 Å². The molecule has 3 heterocycles. The summed E-state index contributed by atoms with van der Waals surface area (Å²) in [5.41, 5.74) is 0.428. The maximum Gasteiger partial charge on any atom is 0.256 e. The fraction of sp³-hybridized carbons (Fsp3) is 0.286. The molecule has 2 aromatic heterocycles. The van der Waals surface area contributed by atoms with Gasteiger partial charge < -0.3 is 19.9 Å². The van der Waals surface area contributed by atoms with Crippen molar-refractivity contribution in [3.8, 4) is 0 Å². The number of morpholine rings is 1. The van der Waals surface area contributed by atoms with Crippen LogP contribution in [0.25, 0.3) is 10.9 Å². The topological polar surface area (TPSA) is 125 Å². The van der Waals surface area contributed by atoms with E-state index >= 15 is 0 Å². The second kappa shape index (κ2) is 8.69. The van der Waals surface area contributed by atoms with Crippen LogP contribution in [-0.4, -0.2) is 69.0 Å². The molecule has 32 heavy (non-hydrogen) atoms. The summed E-state index contributed by atoms with van der Waals surface area (Å²) in [6, 6.07) is 8.89. The number of H-pyrrole nitrogens is 1. The van der Waals surface area contributed by atoms with Crippen LogP contribution in [0.1, 0.15) is 10.4 Å². The number of carbonyl (C=O) groups excluding carboxylic acids is 1. The Hall–Kier alpha value is -3.28. The van der Waals surface area contributed by atoms with Crippen LogP contribution in [0.3, 0.4) is 0 Å². The summed E-state index contributed by atoms with van der Waals surface area (Å²) in [5, 5.41) is 3.10. The zero-order chi connectivity index (χ0) is 22.9. The molecule has 1 fully saturated rings. The van der Waals surface area contributed by atoms with Crippen molar-refractivity contribution in [2.24, 2.45) is 0 Å². The third-order valence-electron chi connectivity index (χ3n) is 5.13. The highest BCUT2D eigenvalue weighted by molar-refractivity contribution is 7.89. The molecule has 168 valence electrons. The smallest absolute Gasteiger partial charge is 0.256 e. The predicted molar refractivity (Wildman–Crippen MR) is 121 cm³/mol. The predicted octanol–water partition coefficient (Wildman–Crippen LogP) is 1.26. The standard InChI is InChI=1S/C21H23N5O5S/c1-25(2)20-18(4-3-7-22-20)24-21(28)16-13-19(27)23-17-6-5-14(12-15(16)17)32(29,30)26-8-10-31-11-9-26/h3-7,12-13H,8-11H2,1-2H3,(H,23,27)(H,24,28). The maximum atomic E-state index is 13.1. The Morgan fingerprint density at radius 3 is 2.66 bits per heavy atom. The second-order valence-corrected chi connectivity index (χ2v) is 9.43. The number of anilines is 2. The minimum absolute atomic E-state index is 0.0448. The van der Waals surface area contributed by atoms with E-state index in [1.54, 1.807) is 37.3 Å². The second-order valence-electron chi connectivity index (χ2n) is 7.49. The van der Waals surface area contributed by atoms with Crippen molar-refractivity contribution >= 4 is 38.3 Å². The lowest BCUT2D eigenvalue weighted by molar-refractivity contribution is 0.0730. The van der Waals surface area contributed by atoms with Crippen molar-refractivity contribution in [2.45, 2.75) is 4.90 Å². The van der Waals surface area contributed by atoms with Crippen LogP contribution in [0.15, 0.2) is 52.3 Å². The molecule has 1 aliphatic rings. The summed E-state index contributed by atoms with van der Waals surface area (Å²) >= 11 is 0. The molecular formula is C21H23N5O5S. The summed E-state index contributed by atoms with van der Waals surface area (Å²) in [6.45, 7) is 1.17. The highest BCUT2D eigenvalue weighted by atomic mass is 32.2. The van der Waals surface area contributed by atoms with E-state index < -0.39 is 21.5 Å². The molecule has 3 aromatic rings. The first-order valence-electron chi connectivity index (χ1n) is 9.96. The van der Waals surface area contributed by atoms with Crippen molar-refractivity contribution in [3.63, 3.8) is 0 Å². The Bertz CT molecular complexity index is 1330. The first-order chi connectivity index (χ1) is 15.3. The lowest BCUT2D eigenvalue weighted by atomic mass is 10.1. The van der Waals surface area contributed by atoms with E-state index in [0.29, 0.717) is 35.6 Å². The number of carbonyl (C=O) groups is 1. The lowest BCUT2D eigenvalue weighted by Gasteiger charge is -2.26. The number of nitrogens with zero attached hydrogens (tertiary/aromatic N) is 3. The van der Waals surface area contributed by atoms with E-state index in [1.165, 1.54) is 22.5 Å². The van der Waals surface area contributed by atoms with E-state index in [9.17, 15) is 18.0 Å². The third kappa shape index (κ3) is 4.22. The maximum absolute atomic E-state index is 13.1. The molecule has 1 saturated heterocycles. The Balaban J connectivity index is 1.77. The largest absolute Gasteiger partial charge is 0.379 e. The average molecular weight is 458 g/mol. The summed E-state index contributed by atoms with van der Waals surface area (Å²) in [6.07, 6.45) is 1.61. The van der Waals surface area contributed by atoms with Gasteiger partial charge in [-0.25, -0.2) is 13.4 Å². The number of ether oxygens (including phenoxy) is 1. The third-order valence-corrected chi connectivity index (χ3v) is 7.02. The SMILES string of the molecule is CN(C)c1ncccc1NC(=O)c1cc(=O)[nH]c2ccc(S(=O)(=O)N3CCOCC3)cc12. The molecule has 1 amide bonds. The number of hydrogen-bond acceptors (Lipinski definition) is 7. The van der Waals surface area contributed by atoms with Crippen LogP contribution in [0.2, 0.25) is 0 Å². The molecular weight excluding hydrogens is 434 g/mol. The van der Waals surface area contributed by atoms with Gasteiger partial charge in [0.05, 0.1) is 29.4 Å². The first-order valence-corrected chi connectivity index (χ1v) is 11.4. The van der Waals surface area contributed by atoms with Gasteiger partial charge in [0.15, 0.2) is 5.82 Å². The Morgan fingerprint density at radius 1 is 1.19 bits per heavy atom. The van der Waals surface area contributed by atoms with Crippen LogP contribution in [0.5, 0.6) is 0 Å². The summed E-state index contributed by atoms with van der Waals surface area (Å²) < 4.78 is 32.7. The molecule has 11 heteroatoms. The number of nitrogens with one attached hydrogen (secondary N) is 2. The molecule has 0 atom stereocenters. The normalized spacial score (nSPS) is 14.9. The van der Waals surface area contributed by atoms with Crippen LogP contribution in [0, 0.1) is 0 Å². The van der Waals surface area contributed by atoms with Crippen molar-refractivity contribution in [3.05, 3.63) is 58.5 Å². The molecule has 1 aromatic carbocycles. The van der Waals surface area contributed by atoms with E-state index in [4.69, 9.17) is 4.74 Å². The van der Waals surface area contributed by atoms with Gasteiger partial charge in [-0.2, -0.15) is 4.31 Å². The number of rotatable bonds is 5. The first kappa shape index (κ1) is 21.9. The number of fused-ring (bicyclic) bond motifs is 1. The highest BCUT2D eigenvalue weighted by Gasteiger charge is 2.27. The number of benzene rings is 1. The van der Waals surface area contributed by atoms with E-state index in [1.807, 2.05) is 0 Å². The van der Waals surface area contributed by atoms with Gasteiger partial charge >= 0.3 is 0 Å². The fourth-order valence-electron chi connectivity index (χ4n) is 3.56. The van der Waals surface area contributed by atoms with Gasteiger partial charge in [-0.1, -0.05) is 0 Å². The zero-order valence-electron chi connectivity index (χ0n) is 17.7. The Labute approximate surface area is 184 Å². The molecule has 0 spiro atoms. The minimum atomic E-state index is -3.77. The Kier molecular flexibility index (Phi) is 5.96. The van der Waals surface area contributed by atoms with Gasteiger partial charge in [-0.3, -0.25) is 9.59 Å². The van der Waals surface area contributed by atoms with E-state index in [-0.39, 0.29) is 23.5 Å². The average Bonchev–Trinajstić information content (AvgIpc) is 2.79. The number of aromatic nitrogens is 2. The van der Waals surface area contributed by atoms with Crippen LogP contribution >= 0.6 is 0 Å². The van der Waals surface area contributed by atoms with Gasteiger partial charge in [-0.15, -0.1) is 0 Å². The van der Waals surface area contributed by atoms with Crippen molar-refractivity contribution in [1.82, 2.24) is 14.3 Å². The van der Waals surface area contributed by atoms with Crippen molar-refractivity contribution in [2.75, 3.05) is 50.6 Å². The highest BCUT2D eigenvalue weighted by Crippen LogP contribution is 2.25. The molecule has 10 nitrogen and oxygen atoms in total. The monoisotopic (exact) mass is 457 g/mol. The van der Waals surface area contributed by atoms with Crippen molar-refractivity contribution in [1.29, 1.82) is 0 Å². The molecule has 1 aliphatic heterocycles. The van der Waals surface area contributed by atoms with Crippen LogP contribution < -0.4 is 15.8 Å². The summed E-state index contributed by atoms with van der Waals surface area (Å²) in [5.74, 6) is 0.00343. The molecule has 2 N–H and O–H groups in total. The molecule has 0 unspecified atom stereocenters. The molecule has 0 bridgehead atoms. The summed E-state index contributed by atoms with van der Waals surface area (Å²) in [7, 11) is -0.180. The van der Waals surface area contributed by atoms with Crippen LogP contribution in [-0.2, 0) is 14.8 Å². The number of aromatic amines is 1. The number of amides is 1. The minimum Gasteiger partial charge on any atom is -0.379 e. The molecule has 0 radical (unpaired) electrons. The van der Waals surface area contributed by atoms with Gasteiger partial charge in [0.25, 0.3) is 5.91 Å². The van der Waals surface area contributed by atoms with Crippen LogP contribution in [0.4, 0.5) is 11.5 Å². The molecule has 4 rings (SSSR count). The number of sulfonamides is 1. The van der Waals surface area contributed by atoms with Gasteiger partial charge in [0.2, 0.25) is 15.6 Å². The Morgan fingerprint density at radius 2 is 1.94 bits per heavy atom. The molecule has 0 saturated carbocycles. The van der Waals surface area contributed by atoms with Gasteiger partial charge in [0.1, 0.15) is 0 Å². The molecule has 0 aliphatic carbocycles. The number of hydrogen-bond donors (Lipinski definition) is 2. The number of pyridine rings is 2. The fourth-order valence-corrected chi connectivity index (χ4v) is 4.99. The van der Waals surface area contributed by atoms with Crippen molar-refractivity contribution < 1.29 is 17.9 Å². The lowest BCUT2D eigenvalue weighted by Crippen LogP contribution is -2.40. The van der Waals surface area contributed by atoms with Gasteiger partial charge in [0, 0.05) is 50.4 Å². The zero-order valence-corrected chi connectivity index (χ0v) is 18.5. The van der Waals surface area contributed by atoms with E-state index in [0.717, 1.165) is 6.07 Å². The summed E-state index contributed by atoms with van der Waals surface area (Å²) in [4.78, 5) is 34.0. The van der Waals surface area contributed by atoms with Gasteiger partial charge in [-0.05, 0) is 30.3 Å².